The fourth-order valence-electron chi connectivity index (χ4n) is 11.7. The van der Waals surface area contributed by atoms with Crippen LogP contribution in [0.15, 0.2) is 108 Å². The van der Waals surface area contributed by atoms with Crippen LogP contribution in [0.3, 0.4) is 0 Å². The number of nitrogens with zero attached hydrogens (tertiary/aromatic N) is 4. The third kappa shape index (κ3) is 4.73. The molecule has 0 amide bonds. The SMILES string of the molecule is C/C1=C/C(C)=[N+](/C2CCCCC2)CC2=C(CN1C1CCCCC1)C1C2c2ccc3cccc4c3c2-c2c(c3cc(C)ccc3c[n+]21)N4c1ccccc1. The van der Waals surface area contributed by atoms with Gasteiger partial charge in [-0.2, -0.15) is 4.57 Å². The van der Waals surface area contributed by atoms with Gasteiger partial charge in [-0.25, -0.2) is 4.58 Å². The molecule has 2 atom stereocenters. The average Bonchev–Trinajstić information content (AvgIpc) is 3.23. The molecule has 0 saturated heterocycles. The first-order chi connectivity index (χ1) is 26.0. The third-order valence-electron chi connectivity index (χ3n) is 14.1. The van der Waals surface area contributed by atoms with Crippen LogP contribution in [0.25, 0.3) is 32.8 Å². The number of hydrogen-bond acceptors (Lipinski definition) is 2. The predicted octanol–water partition coefficient (Wildman–Crippen LogP) is 11.3. The molecule has 0 bridgehead atoms. The maximum Gasteiger partial charge on any atom is 0.239 e. The lowest BCUT2D eigenvalue weighted by atomic mass is 9.64. The van der Waals surface area contributed by atoms with E-state index in [0.29, 0.717) is 24.0 Å². The number of rotatable bonds is 3. The molecule has 4 aromatic carbocycles. The van der Waals surface area contributed by atoms with Crippen LogP contribution < -0.4 is 9.47 Å². The first-order valence-electron chi connectivity index (χ1n) is 20.7. The Labute approximate surface area is 314 Å². The zero-order valence-corrected chi connectivity index (χ0v) is 31.7. The van der Waals surface area contributed by atoms with E-state index in [1.165, 1.54) is 131 Å². The van der Waals surface area contributed by atoms with Gasteiger partial charge in [0, 0.05) is 77.1 Å². The summed E-state index contributed by atoms with van der Waals surface area (Å²) in [6.07, 6.45) is 18.6. The number of anilines is 3. The molecule has 53 heavy (non-hydrogen) atoms. The minimum Gasteiger partial charge on any atom is -0.368 e. The van der Waals surface area contributed by atoms with E-state index in [9.17, 15) is 0 Å². The highest BCUT2D eigenvalue weighted by Crippen LogP contribution is 2.61. The Kier molecular flexibility index (Phi) is 7.30. The number of aryl methyl sites for hydroxylation is 1. The average molecular weight is 697 g/mol. The maximum atomic E-state index is 2.86. The van der Waals surface area contributed by atoms with Crippen molar-refractivity contribution in [2.75, 3.05) is 18.0 Å². The van der Waals surface area contributed by atoms with Crippen LogP contribution in [0, 0.1) is 6.92 Å². The van der Waals surface area contributed by atoms with Crippen molar-refractivity contribution in [1.82, 2.24) is 4.90 Å². The van der Waals surface area contributed by atoms with Crippen LogP contribution in [-0.4, -0.2) is 40.4 Å². The van der Waals surface area contributed by atoms with E-state index in [0.717, 1.165) is 13.1 Å². The van der Waals surface area contributed by atoms with Crippen LogP contribution in [-0.2, 0) is 0 Å². The smallest absolute Gasteiger partial charge is 0.239 e. The molecule has 0 N–H and O–H groups in total. The molecule has 2 saturated carbocycles. The molecule has 4 heteroatoms. The summed E-state index contributed by atoms with van der Waals surface area (Å²) < 4.78 is 5.64. The van der Waals surface area contributed by atoms with Gasteiger partial charge in [0.1, 0.15) is 5.69 Å². The number of pyridine rings is 1. The zero-order valence-electron chi connectivity index (χ0n) is 31.7. The molecule has 2 unspecified atom stereocenters. The first kappa shape index (κ1) is 31.8. The van der Waals surface area contributed by atoms with Gasteiger partial charge in [0.25, 0.3) is 0 Å². The Morgan fingerprint density at radius 3 is 2.30 bits per heavy atom. The number of para-hydroxylation sites is 1. The van der Waals surface area contributed by atoms with Gasteiger partial charge in [0.2, 0.25) is 5.69 Å². The molecule has 4 nitrogen and oxygen atoms in total. The van der Waals surface area contributed by atoms with Gasteiger partial charge in [-0.15, -0.1) is 0 Å². The number of benzene rings is 4. The van der Waals surface area contributed by atoms with Crippen molar-refractivity contribution >= 4 is 44.3 Å². The first-order valence-corrected chi connectivity index (χ1v) is 20.7. The second-order valence-corrected chi connectivity index (χ2v) is 17.1. The molecule has 0 radical (unpaired) electrons. The maximum absolute atomic E-state index is 2.86. The molecule has 1 aromatic heterocycles. The van der Waals surface area contributed by atoms with E-state index in [4.69, 9.17) is 0 Å². The quantitative estimate of drug-likeness (QED) is 0.135. The predicted molar refractivity (Wildman–Crippen MR) is 219 cm³/mol. The second kappa shape index (κ2) is 12.2. The van der Waals surface area contributed by atoms with Crippen molar-refractivity contribution in [3.63, 3.8) is 0 Å². The van der Waals surface area contributed by atoms with Crippen molar-refractivity contribution in [3.05, 3.63) is 119 Å². The normalized spacial score (nSPS) is 25.3. The lowest BCUT2D eigenvalue weighted by Gasteiger charge is -2.47. The van der Waals surface area contributed by atoms with E-state index < -0.39 is 0 Å². The summed E-state index contributed by atoms with van der Waals surface area (Å²) in [5, 5.41) is 5.41. The van der Waals surface area contributed by atoms with E-state index >= 15 is 0 Å². The van der Waals surface area contributed by atoms with Crippen LogP contribution in [0.1, 0.15) is 101 Å². The fourth-order valence-corrected chi connectivity index (χ4v) is 11.7. The van der Waals surface area contributed by atoms with Crippen molar-refractivity contribution < 1.29 is 9.14 Å². The molecule has 2 fully saturated rings. The van der Waals surface area contributed by atoms with Crippen LogP contribution in [0.5, 0.6) is 0 Å². The Hall–Kier alpha value is -4.70. The van der Waals surface area contributed by atoms with Gasteiger partial charge in [-0.05, 0) is 80.8 Å². The van der Waals surface area contributed by atoms with Crippen LogP contribution >= 0.6 is 0 Å². The highest BCUT2D eigenvalue weighted by Gasteiger charge is 2.57. The Bertz CT molecular complexity index is 2420. The van der Waals surface area contributed by atoms with Crippen molar-refractivity contribution in [2.24, 2.45) is 0 Å². The number of aromatic nitrogens is 1. The standard InChI is InChI=1S/C49H52N4/c1-31-22-23-35-28-52-47-42-30-51(37-17-9-5-10-18-37)33(3)27-32(2)50(36-15-7-4-8-16-36)29-41(42)45(47)39-25-24-34-14-13-21-43-44(34)46(39)49(52)48(40(35)26-31)53(43)38-19-11-6-12-20-38/h6,11-14,19-28,36-37,45,47H,4-5,7-10,15-18,29-30H2,1-3H3/q+2. The van der Waals surface area contributed by atoms with E-state index in [1.807, 2.05) is 0 Å². The van der Waals surface area contributed by atoms with Crippen LogP contribution in [0.4, 0.5) is 17.1 Å². The fraction of sp³-hybridized carbons (Fsp3) is 0.388. The lowest BCUT2D eigenvalue weighted by Crippen LogP contribution is -2.57. The summed E-state index contributed by atoms with van der Waals surface area (Å²) in [7, 11) is 0. The van der Waals surface area contributed by atoms with Gasteiger partial charge in [-0.3, -0.25) is 0 Å². The highest BCUT2D eigenvalue weighted by atomic mass is 15.2. The molecule has 5 aromatic rings. The summed E-state index contributed by atoms with van der Waals surface area (Å²) in [6.45, 7) is 9.19. The van der Waals surface area contributed by atoms with Gasteiger partial charge < -0.3 is 9.80 Å². The van der Waals surface area contributed by atoms with Crippen molar-refractivity contribution in [1.29, 1.82) is 0 Å². The molecule has 3 aliphatic carbocycles. The van der Waals surface area contributed by atoms with E-state index in [-0.39, 0.29) is 0 Å². The monoisotopic (exact) mass is 696 g/mol. The Balaban J connectivity index is 1.20. The van der Waals surface area contributed by atoms with Crippen LogP contribution in [0.2, 0.25) is 0 Å². The molecule has 0 spiro atoms. The largest absolute Gasteiger partial charge is 0.368 e. The topological polar surface area (TPSA) is 13.4 Å². The number of fused-ring (bicyclic) bond motifs is 7. The summed E-state index contributed by atoms with van der Waals surface area (Å²) in [6, 6.07) is 31.7. The Morgan fingerprint density at radius 1 is 0.717 bits per heavy atom. The summed E-state index contributed by atoms with van der Waals surface area (Å²) in [5.74, 6) is 0.375. The molecule has 266 valence electrons. The second-order valence-electron chi connectivity index (χ2n) is 17.1. The molecule has 6 aliphatic rings. The number of allylic oxidation sites excluding steroid dienone is 2. The van der Waals surface area contributed by atoms with Gasteiger partial charge >= 0.3 is 0 Å². The van der Waals surface area contributed by atoms with Gasteiger partial charge in [-0.1, -0.05) is 79.8 Å². The van der Waals surface area contributed by atoms with Crippen molar-refractivity contribution in [3.8, 4) is 11.3 Å². The summed E-state index contributed by atoms with van der Waals surface area (Å²) in [5.41, 5.74) is 15.9. The molecular formula is C49H52N4+2. The summed E-state index contributed by atoms with van der Waals surface area (Å²) >= 11 is 0. The van der Waals surface area contributed by atoms with E-state index in [1.54, 1.807) is 16.7 Å². The minimum atomic E-state index is 0.308. The van der Waals surface area contributed by atoms with Crippen molar-refractivity contribution in [2.45, 2.75) is 109 Å². The third-order valence-corrected chi connectivity index (χ3v) is 14.1. The van der Waals surface area contributed by atoms with Gasteiger partial charge in [0.15, 0.2) is 30.5 Å². The molecule has 4 heterocycles. The molecule has 3 aliphatic heterocycles. The number of hydrogen-bond donors (Lipinski definition) is 0. The minimum absolute atomic E-state index is 0.308. The lowest BCUT2D eigenvalue weighted by molar-refractivity contribution is -0.711. The van der Waals surface area contributed by atoms with Gasteiger partial charge in [0.05, 0.1) is 17.2 Å². The molecular weight excluding hydrogens is 645 g/mol. The highest BCUT2D eigenvalue weighted by molar-refractivity contribution is 6.18. The zero-order chi connectivity index (χ0) is 35.4. The molecule has 11 rings (SSSR count). The Morgan fingerprint density at radius 2 is 1.49 bits per heavy atom. The summed E-state index contributed by atoms with van der Waals surface area (Å²) in [4.78, 5) is 5.45. The van der Waals surface area contributed by atoms with E-state index in [2.05, 4.69) is 131 Å².